The molecule has 37 heavy (non-hydrogen) atoms. The van der Waals surface area contributed by atoms with E-state index >= 15 is 0 Å². The smallest absolute Gasteiger partial charge is 0.270 e. The standard InChI is InChI=1S/C29H29FN6O/c1-18-11-20(8-7-19-9-10-35(2)15-19)12-25(32-18)29(37)34-27(24-13-21-5-3-4-6-23(21)33-24)28-26-14-22(30)16-36(26)17-31-28/h3-6,11-13,17,19,22,27,33H,9-10,14-16H2,1-2H3,(H,34,37)/t19?,22-,27?/m1/s1. The molecule has 188 valence electrons. The van der Waals surface area contributed by atoms with E-state index in [4.69, 9.17) is 0 Å². The van der Waals surface area contributed by atoms with Crippen molar-refractivity contribution in [1.82, 2.24) is 29.7 Å². The summed E-state index contributed by atoms with van der Waals surface area (Å²) < 4.78 is 16.0. The predicted molar refractivity (Wildman–Crippen MR) is 140 cm³/mol. The second-order valence-electron chi connectivity index (χ2n) is 10.1. The molecule has 2 aliphatic heterocycles. The van der Waals surface area contributed by atoms with Gasteiger partial charge in [0, 0.05) is 47.0 Å². The van der Waals surface area contributed by atoms with E-state index in [1.807, 2.05) is 47.9 Å². The van der Waals surface area contributed by atoms with Gasteiger partial charge in [-0.15, -0.1) is 0 Å². The Hall–Kier alpha value is -3.96. The first-order chi connectivity index (χ1) is 17.9. The summed E-state index contributed by atoms with van der Waals surface area (Å²) in [6.07, 6.45) is 2.04. The molecule has 2 unspecified atom stereocenters. The van der Waals surface area contributed by atoms with Crippen LogP contribution in [0.1, 0.15) is 51.3 Å². The van der Waals surface area contributed by atoms with Gasteiger partial charge in [-0.2, -0.15) is 0 Å². The number of benzene rings is 1. The SMILES string of the molecule is Cc1cc(C#CC2CCN(C)C2)cc(C(=O)NC(c2cc3ccccc3[nH]2)c2ncn3c2C[C@@H](F)C3)n1. The van der Waals surface area contributed by atoms with Gasteiger partial charge in [0.15, 0.2) is 0 Å². The maximum Gasteiger partial charge on any atom is 0.270 e. The van der Waals surface area contributed by atoms with Crippen molar-refractivity contribution in [2.45, 2.75) is 38.5 Å². The van der Waals surface area contributed by atoms with Crippen LogP contribution in [0.5, 0.6) is 0 Å². The fraction of sp³-hybridized carbons (Fsp3) is 0.345. The minimum absolute atomic E-state index is 0.278. The molecule has 2 aliphatic rings. The lowest BCUT2D eigenvalue weighted by molar-refractivity contribution is 0.0936. The number of halogens is 1. The number of nitrogens with zero attached hydrogens (tertiary/aromatic N) is 4. The van der Waals surface area contributed by atoms with Crippen molar-refractivity contribution < 1.29 is 9.18 Å². The predicted octanol–water partition coefficient (Wildman–Crippen LogP) is 3.78. The summed E-state index contributed by atoms with van der Waals surface area (Å²) in [4.78, 5) is 28.3. The number of carbonyl (C=O) groups is 1. The highest BCUT2D eigenvalue weighted by Gasteiger charge is 2.31. The number of amides is 1. The maximum absolute atomic E-state index is 14.2. The number of aryl methyl sites for hydroxylation is 1. The van der Waals surface area contributed by atoms with Gasteiger partial charge in [-0.1, -0.05) is 30.0 Å². The molecule has 3 aromatic heterocycles. The number of hydrogen-bond acceptors (Lipinski definition) is 4. The fourth-order valence-corrected chi connectivity index (χ4v) is 5.38. The van der Waals surface area contributed by atoms with Gasteiger partial charge < -0.3 is 19.8 Å². The maximum atomic E-state index is 14.2. The van der Waals surface area contributed by atoms with Gasteiger partial charge in [0.1, 0.15) is 17.9 Å². The Kier molecular flexibility index (Phi) is 6.01. The lowest BCUT2D eigenvalue weighted by Crippen LogP contribution is -2.31. The highest BCUT2D eigenvalue weighted by molar-refractivity contribution is 5.93. The number of nitrogens with one attached hydrogen (secondary N) is 2. The summed E-state index contributed by atoms with van der Waals surface area (Å²) >= 11 is 0. The molecule has 0 spiro atoms. The van der Waals surface area contributed by atoms with Crippen LogP contribution in [0.2, 0.25) is 0 Å². The monoisotopic (exact) mass is 496 g/mol. The molecule has 3 atom stereocenters. The summed E-state index contributed by atoms with van der Waals surface area (Å²) in [6, 6.07) is 13.0. The molecule has 0 aliphatic carbocycles. The topological polar surface area (TPSA) is 78.8 Å². The Balaban J connectivity index is 1.33. The lowest BCUT2D eigenvalue weighted by Gasteiger charge is -2.17. The number of imidazole rings is 1. The fourth-order valence-electron chi connectivity index (χ4n) is 5.38. The van der Waals surface area contributed by atoms with Gasteiger partial charge in [0.2, 0.25) is 0 Å². The first-order valence-electron chi connectivity index (χ1n) is 12.7. The zero-order valence-corrected chi connectivity index (χ0v) is 21.0. The Labute approximate surface area is 215 Å². The zero-order chi connectivity index (χ0) is 25.5. The van der Waals surface area contributed by atoms with Crippen LogP contribution in [-0.4, -0.2) is 56.6 Å². The van der Waals surface area contributed by atoms with Gasteiger partial charge in [0.05, 0.1) is 18.6 Å². The van der Waals surface area contributed by atoms with Crippen LogP contribution >= 0.6 is 0 Å². The average molecular weight is 497 g/mol. The van der Waals surface area contributed by atoms with E-state index in [2.05, 4.69) is 44.1 Å². The number of pyridine rings is 1. The molecule has 1 aromatic carbocycles. The van der Waals surface area contributed by atoms with E-state index in [0.717, 1.165) is 53.1 Å². The largest absolute Gasteiger partial charge is 0.356 e. The third-order valence-electron chi connectivity index (χ3n) is 7.20. The number of fused-ring (bicyclic) bond motifs is 2. The molecule has 1 saturated heterocycles. The van der Waals surface area contributed by atoms with Crippen LogP contribution in [0.4, 0.5) is 4.39 Å². The van der Waals surface area contributed by atoms with Gasteiger partial charge in [-0.05, 0) is 56.6 Å². The minimum atomic E-state index is -0.949. The first kappa shape index (κ1) is 23.4. The third kappa shape index (κ3) is 4.75. The van der Waals surface area contributed by atoms with Crippen molar-refractivity contribution in [3.8, 4) is 11.8 Å². The highest BCUT2D eigenvalue weighted by atomic mass is 19.1. The second kappa shape index (κ2) is 9.49. The van der Waals surface area contributed by atoms with Crippen LogP contribution in [0.3, 0.4) is 0 Å². The van der Waals surface area contributed by atoms with E-state index in [0.29, 0.717) is 17.3 Å². The third-order valence-corrected chi connectivity index (χ3v) is 7.20. The minimum Gasteiger partial charge on any atom is -0.356 e. The van der Waals surface area contributed by atoms with E-state index in [1.165, 1.54) is 0 Å². The van der Waals surface area contributed by atoms with Crippen molar-refractivity contribution in [1.29, 1.82) is 0 Å². The Morgan fingerprint density at radius 2 is 2.11 bits per heavy atom. The summed E-state index contributed by atoms with van der Waals surface area (Å²) in [6.45, 7) is 4.17. The quantitative estimate of drug-likeness (QED) is 0.422. The summed E-state index contributed by atoms with van der Waals surface area (Å²) in [7, 11) is 2.10. The molecule has 0 bridgehead atoms. The Morgan fingerprint density at radius 3 is 2.92 bits per heavy atom. The molecule has 7 nitrogen and oxygen atoms in total. The molecule has 2 N–H and O–H groups in total. The van der Waals surface area contributed by atoms with Crippen molar-refractivity contribution in [2.24, 2.45) is 5.92 Å². The number of aromatic nitrogens is 4. The number of alkyl halides is 1. The summed E-state index contributed by atoms with van der Waals surface area (Å²) in [5.74, 6) is 6.62. The zero-order valence-electron chi connectivity index (χ0n) is 21.0. The normalized spacial score (nSPS) is 20.0. The van der Waals surface area contributed by atoms with Gasteiger partial charge in [0.25, 0.3) is 5.91 Å². The number of rotatable bonds is 4. The molecular weight excluding hydrogens is 467 g/mol. The number of hydrogen-bond donors (Lipinski definition) is 2. The molecule has 5 heterocycles. The van der Waals surface area contributed by atoms with Gasteiger partial charge in [-0.25, -0.2) is 14.4 Å². The second-order valence-corrected chi connectivity index (χ2v) is 10.1. The van der Waals surface area contributed by atoms with Crippen molar-refractivity contribution in [3.63, 3.8) is 0 Å². The number of likely N-dealkylation sites (tertiary alicyclic amines) is 1. The highest BCUT2D eigenvalue weighted by Crippen LogP contribution is 2.31. The van der Waals surface area contributed by atoms with Crippen LogP contribution in [-0.2, 0) is 13.0 Å². The van der Waals surface area contributed by atoms with Crippen molar-refractivity contribution >= 4 is 16.8 Å². The Bertz CT molecular complexity index is 1510. The van der Waals surface area contributed by atoms with E-state index in [-0.39, 0.29) is 18.9 Å². The molecule has 1 fully saturated rings. The molecule has 4 aromatic rings. The number of carbonyl (C=O) groups excluding carboxylic acids is 1. The molecule has 8 heteroatoms. The van der Waals surface area contributed by atoms with E-state index < -0.39 is 12.2 Å². The summed E-state index contributed by atoms with van der Waals surface area (Å²) in [5.41, 5.74) is 5.01. The van der Waals surface area contributed by atoms with E-state index in [9.17, 15) is 9.18 Å². The molecule has 0 saturated carbocycles. The van der Waals surface area contributed by atoms with Crippen molar-refractivity contribution in [3.05, 3.63) is 82.8 Å². The average Bonchev–Trinajstić information content (AvgIpc) is 3.65. The molecule has 1 amide bonds. The number of H-pyrrole nitrogens is 1. The number of aromatic amines is 1. The molecule has 6 rings (SSSR count). The van der Waals surface area contributed by atoms with E-state index in [1.54, 1.807) is 12.4 Å². The van der Waals surface area contributed by atoms with Gasteiger partial charge >= 0.3 is 0 Å². The van der Waals surface area contributed by atoms with Crippen LogP contribution in [0.25, 0.3) is 10.9 Å². The molecule has 0 radical (unpaired) electrons. The summed E-state index contributed by atoms with van der Waals surface area (Å²) in [5, 5.41) is 4.16. The first-order valence-corrected chi connectivity index (χ1v) is 12.7. The van der Waals surface area contributed by atoms with Crippen LogP contribution in [0, 0.1) is 24.7 Å². The molecular formula is C29H29FN6O. The van der Waals surface area contributed by atoms with Crippen LogP contribution in [0.15, 0.2) is 48.8 Å². The van der Waals surface area contributed by atoms with Crippen molar-refractivity contribution in [2.75, 3.05) is 20.1 Å². The Morgan fingerprint density at radius 1 is 1.24 bits per heavy atom. The lowest BCUT2D eigenvalue weighted by atomic mass is 10.1. The van der Waals surface area contributed by atoms with Gasteiger partial charge in [-0.3, -0.25) is 4.79 Å². The number of para-hydroxylation sites is 1. The van der Waals surface area contributed by atoms with Crippen LogP contribution < -0.4 is 5.32 Å².